The summed E-state index contributed by atoms with van der Waals surface area (Å²) in [5, 5.41) is 5.64. The van der Waals surface area contributed by atoms with E-state index in [-0.39, 0.29) is 17.7 Å². The zero-order chi connectivity index (χ0) is 15.1. The highest BCUT2D eigenvalue weighted by Crippen LogP contribution is 2.25. The average Bonchev–Trinajstić information content (AvgIpc) is 2.70. The van der Waals surface area contributed by atoms with Gasteiger partial charge in [-0.1, -0.05) is 13.8 Å². The van der Waals surface area contributed by atoms with Gasteiger partial charge in [-0.3, -0.25) is 9.59 Å². The molecule has 0 aliphatic carbocycles. The van der Waals surface area contributed by atoms with E-state index >= 15 is 0 Å². The predicted molar refractivity (Wildman–Crippen MR) is 78.2 cm³/mol. The molecule has 1 N–H and O–H groups in total. The monoisotopic (exact) mass is 295 g/mol. The first kappa shape index (κ1) is 15.0. The first-order valence-corrected chi connectivity index (χ1v) is 7.64. The Kier molecular flexibility index (Phi) is 3.86. The third-order valence-electron chi connectivity index (χ3n) is 3.44. The Bertz CT molecular complexity index is 536. The number of nitrogens with zero attached hydrogens (tertiary/aromatic N) is 2. The molecule has 1 aliphatic heterocycles. The predicted octanol–water partition coefficient (Wildman–Crippen LogP) is 1.71. The Morgan fingerprint density at radius 3 is 2.60 bits per heavy atom. The first-order valence-electron chi connectivity index (χ1n) is 6.76. The number of carbonyl (C=O) groups excluding carboxylic acids is 2. The van der Waals surface area contributed by atoms with Crippen LogP contribution in [0.1, 0.15) is 38.4 Å². The van der Waals surface area contributed by atoms with Crippen LogP contribution in [0.15, 0.2) is 5.38 Å². The second-order valence-electron chi connectivity index (χ2n) is 6.12. The molecule has 1 saturated heterocycles. The van der Waals surface area contributed by atoms with Crippen molar-refractivity contribution in [2.75, 3.05) is 0 Å². The molecule has 2 heterocycles. The fourth-order valence-corrected chi connectivity index (χ4v) is 3.29. The minimum Gasteiger partial charge on any atom is -0.340 e. The molecule has 2 rings (SSSR count). The van der Waals surface area contributed by atoms with Crippen LogP contribution in [-0.2, 0) is 16.1 Å². The molecule has 1 atom stereocenters. The SMILES string of the molecule is Cc1csc(CN2C(=O)C(C)(C)NC(=O)C2C(C)C)n1. The number of aryl methyl sites for hydroxylation is 1. The van der Waals surface area contributed by atoms with Crippen LogP contribution in [0.5, 0.6) is 0 Å². The van der Waals surface area contributed by atoms with Gasteiger partial charge in [0.25, 0.3) is 0 Å². The van der Waals surface area contributed by atoms with Crippen LogP contribution in [0.2, 0.25) is 0 Å². The van der Waals surface area contributed by atoms with Gasteiger partial charge in [-0.2, -0.15) is 0 Å². The largest absolute Gasteiger partial charge is 0.340 e. The lowest BCUT2D eigenvalue weighted by molar-refractivity contribution is -0.156. The second-order valence-corrected chi connectivity index (χ2v) is 7.06. The molecular weight excluding hydrogens is 274 g/mol. The standard InChI is InChI=1S/C14H21N3O2S/c1-8(2)11-12(18)16-14(4,5)13(19)17(11)6-10-15-9(3)7-20-10/h7-8,11H,6H2,1-5H3,(H,16,18). The number of rotatable bonds is 3. The van der Waals surface area contributed by atoms with E-state index in [4.69, 9.17) is 0 Å². The molecular formula is C14H21N3O2S. The molecule has 0 spiro atoms. The molecule has 0 saturated carbocycles. The number of carbonyl (C=O) groups is 2. The molecule has 1 aliphatic rings. The topological polar surface area (TPSA) is 62.3 Å². The van der Waals surface area contributed by atoms with Crippen LogP contribution in [0.4, 0.5) is 0 Å². The molecule has 110 valence electrons. The van der Waals surface area contributed by atoms with Gasteiger partial charge < -0.3 is 10.2 Å². The summed E-state index contributed by atoms with van der Waals surface area (Å²) in [6.07, 6.45) is 0. The second kappa shape index (κ2) is 5.16. The summed E-state index contributed by atoms with van der Waals surface area (Å²) in [4.78, 5) is 31.0. The Morgan fingerprint density at radius 1 is 1.45 bits per heavy atom. The van der Waals surface area contributed by atoms with Crippen LogP contribution in [0.3, 0.4) is 0 Å². The zero-order valence-electron chi connectivity index (χ0n) is 12.6. The molecule has 0 radical (unpaired) electrons. The quantitative estimate of drug-likeness (QED) is 0.923. The minimum absolute atomic E-state index is 0.0522. The molecule has 0 aromatic carbocycles. The lowest BCUT2D eigenvalue weighted by Crippen LogP contribution is -2.68. The van der Waals surface area contributed by atoms with Crippen molar-refractivity contribution < 1.29 is 9.59 Å². The lowest BCUT2D eigenvalue weighted by atomic mass is 9.91. The summed E-state index contributed by atoms with van der Waals surface area (Å²) in [6, 6.07) is -0.431. The van der Waals surface area contributed by atoms with Crippen molar-refractivity contribution in [2.45, 2.75) is 52.7 Å². The van der Waals surface area contributed by atoms with E-state index < -0.39 is 11.6 Å². The van der Waals surface area contributed by atoms with E-state index in [1.165, 1.54) is 11.3 Å². The summed E-state index contributed by atoms with van der Waals surface area (Å²) in [6.45, 7) is 9.71. The average molecular weight is 295 g/mol. The van der Waals surface area contributed by atoms with Crippen molar-refractivity contribution in [3.8, 4) is 0 Å². The van der Waals surface area contributed by atoms with Gasteiger partial charge in [0, 0.05) is 11.1 Å². The van der Waals surface area contributed by atoms with Crippen LogP contribution in [0.25, 0.3) is 0 Å². The number of aromatic nitrogens is 1. The van der Waals surface area contributed by atoms with Gasteiger partial charge in [0.2, 0.25) is 11.8 Å². The van der Waals surface area contributed by atoms with Gasteiger partial charge in [0.1, 0.15) is 16.6 Å². The fourth-order valence-electron chi connectivity index (χ4n) is 2.52. The smallest absolute Gasteiger partial charge is 0.248 e. The van der Waals surface area contributed by atoms with E-state index in [2.05, 4.69) is 10.3 Å². The summed E-state index contributed by atoms with van der Waals surface area (Å²) in [5.41, 5.74) is 0.0914. The highest BCUT2D eigenvalue weighted by Gasteiger charge is 2.46. The summed E-state index contributed by atoms with van der Waals surface area (Å²) >= 11 is 1.52. The highest BCUT2D eigenvalue weighted by atomic mass is 32.1. The molecule has 1 fully saturated rings. The van der Waals surface area contributed by atoms with E-state index in [1.54, 1.807) is 18.7 Å². The number of piperazine rings is 1. The number of hydrogen-bond donors (Lipinski definition) is 1. The summed E-state index contributed by atoms with van der Waals surface area (Å²) < 4.78 is 0. The van der Waals surface area contributed by atoms with Crippen molar-refractivity contribution in [1.29, 1.82) is 0 Å². The van der Waals surface area contributed by atoms with Crippen molar-refractivity contribution in [2.24, 2.45) is 5.92 Å². The van der Waals surface area contributed by atoms with E-state index in [9.17, 15) is 9.59 Å². The van der Waals surface area contributed by atoms with Crippen LogP contribution in [-0.4, -0.2) is 33.3 Å². The molecule has 0 bridgehead atoms. The maximum Gasteiger partial charge on any atom is 0.248 e. The maximum absolute atomic E-state index is 12.6. The van der Waals surface area contributed by atoms with Crippen molar-refractivity contribution in [3.63, 3.8) is 0 Å². The van der Waals surface area contributed by atoms with Crippen molar-refractivity contribution in [3.05, 3.63) is 16.1 Å². The molecule has 5 nitrogen and oxygen atoms in total. The molecule has 1 aromatic rings. The molecule has 1 aromatic heterocycles. The number of nitrogens with one attached hydrogen (secondary N) is 1. The van der Waals surface area contributed by atoms with Crippen LogP contribution in [0, 0.1) is 12.8 Å². The Balaban J connectivity index is 2.32. The van der Waals surface area contributed by atoms with E-state index in [0.29, 0.717) is 6.54 Å². The third kappa shape index (κ3) is 2.70. The molecule has 2 amide bonds. The first-order chi connectivity index (χ1) is 9.22. The van der Waals surface area contributed by atoms with Gasteiger partial charge in [0.05, 0.1) is 6.54 Å². The normalized spacial score (nSPS) is 22.3. The van der Waals surface area contributed by atoms with Gasteiger partial charge >= 0.3 is 0 Å². The molecule has 6 heteroatoms. The zero-order valence-corrected chi connectivity index (χ0v) is 13.4. The van der Waals surface area contributed by atoms with Gasteiger partial charge in [0.15, 0.2) is 0 Å². The Labute approximate surface area is 123 Å². The van der Waals surface area contributed by atoms with E-state index in [0.717, 1.165) is 10.7 Å². The van der Waals surface area contributed by atoms with E-state index in [1.807, 2.05) is 26.2 Å². The number of thiazole rings is 1. The lowest BCUT2D eigenvalue weighted by Gasteiger charge is -2.44. The van der Waals surface area contributed by atoms with Crippen molar-refractivity contribution >= 4 is 23.2 Å². The number of hydrogen-bond acceptors (Lipinski definition) is 4. The van der Waals surface area contributed by atoms with Gasteiger partial charge in [-0.15, -0.1) is 11.3 Å². The Morgan fingerprint density at radius 2 is 2.10 bits per heavy atom. The summed E-state index contributed by atoms with van der Waals surface area (Å²) in [5.74, 6) is -0.0716. The number of amides is 2. The fraction of sp³-hybridized carbons (Fsp3) is 0.643. The van der Waals surface area contributed by atoms with Crippen molar-refractivity contribution in [1.82, 2.24) is 15.2 Å². The van der Waals surface area contributed by atoms with Gasteiger partial charge in [-0.05, 0) is 26.7 Å². The van der Waals surface area contributed by atoms with Gasteiger partial charge in [-0.25, -0.2) is 4.98 Å². The minimum atomic E-state index is -0.852. The van der Waals surface area contributed by atoms with Crippen LogP contribution < -0.4 is 5.32 Å². The maximum atomic E-state index is 12.6. The van der Waals surface area contributed by atoms with Crippen LogP contribution >= 0.6 is 11.3 Å². The Hall–Kier alpha value is -1.43. The molecule has 20 heavy (non-hydrogen) atoms. The molecule has 1 unspecified atom stereocenters. The third-order valence-corrected chi connectivity index (χ3v) is 4.39. The summed E-state index contributed by atoms with van der Waals surface area (Å²) in [7, 11) is 0. The highest BCUT2D eigenvalue weighted by molar-refractivity contribution is 7.09.